The summed E-state index contributed by atoms with van der Waals surface area (Å²) in [6.07, 6.45) is 5.92. The topological polar surface area (TPSA) is 64.2 Å². The maximum Gasteiger partial charge on any atom is 0.297 e. The van der Waals surface area contributed by atoms with E-state index in [-0.39, 0.29) is 17.4 Å². The molecular weight excluding hydrogens is 220 g/mol. The lowest BCUT2D eigenvalue weighted by molar-refractivity contribution is 0.119. The summed E-state index contributed by atoms with van der Waals surface area (Å²) in [7, 11) is 1.45. The highest BCUT2D eigenvalue weighted by atomic mass is 16.5. The van der Waals surface area contributed by atoms with Crippen LogP contribution in [0.2, 0.25) is 0 Å². The molecule has 2 unspecified atom stereocenters. The van der Waals surface area contributed by atoms with Crippen molar-refractivity contribution in [2.75, 3.05) is 7.11 Å². The van der Waals surface area contributed by atoms with Gasteiger partial charge in [-0.25, -0.2) is 4.98 Å². The Morgan fingerprint density at radius 2 is 2.29 bits per heavy atom. The second kappa shape index (κ2) is 5.21. The summed E-state index contributed by atoms with van der Waals surface area (Å²) in [5.41, 5.74) is -0.304. The van der Waals surface area contributed by atoms with E-state index in [2.05, 4.69) is 16.9 Å². The molecule has 2 rings (SSSR count). The van der Waals surface area contributed by atoms with Crippen molar-refractivity contribution in [3.05, 3.63) is 16.7 Å². The fourth-order valence-electron chi connectivity index (χ4n) is 2.28. The number of H-pyrrole nitrogens is 1. The first kappa shape index (κ1) is 12.0. The first-order chi connectivity index (χ1) is 8.20. The van der Waals surface area contributed by atoms with E-state index < -0.39 is 0 Å². The monoisotopic (exact) mass is 238 g/mol. The van der Waals surface area contributed by atoms with Crippen LogP contribution < -0.4 is 15.0 Å². The van der Waals surface area contributed by atoms with Gasteiger partial charge in [-0.2, -0.15) is 0 Å². The van der Waals surface area contributed by atoms with E-state index in [4.69, 9.17) is 9.47 Å². The van der Waals surface area contributed by atoms with Crippen LogP contribution in [0.25, 0.3) is 0 Å². The Balaban J connectivity index is 2.12. The molecule has 0 saturated heterocycles. The van der Waals surface area contributed by atoms with Gasteiger partial charge in [0.15, 0.2) is 0 Å². The van der Waals surface area contributed by atoms with Gasteiger partial charge in [0.1, 0.15) is 6.10 Å². The molecule has 1 aromatic rings. The number of hydrogen-bond acceptors (Lipinski definition) is 4. The van der Waals surface area contributed by atoms with E-state index in [9.17, 15) is 4.79 Å². The molecule has 2 atom stereocenters. The Kier molecular flexibility index (Phi) is 3.66. The largest absolute Gasteiger partial charge is 0.487 e. The normalized spacial score (nSPS) is 24.4. The summed E-state index contributed by atoms with van der Waals surface area (Å²) in [6.45, 7) is 2.22. The molecule has 5 heteroatoms. The summed E-state index contributed by atoms with van der Waals surface area (Å²) in [5, 5.41) is 0. The fraction of sp³-hybridized carbons (Fsp3) is 0.667. The maximum atomic E-state index is 11.5. The van der Waals surface area contributed by atoms with Gasteiger partial charge in [-0.05, 0) is 25.2 Å². The molecule has 0 spiro atoms. The van der Waals surface area contributed by atoms with Crippen molar-refractivity contribution in [3.63, 3.8) is 0 Å². The van der Waals surface area contributed by atoms with Gasteiger partial charge < -0.3 is 14.5 Å². The third kappa shape index (κ3) is 2.78. The summed E-state index contributed by atoms with van der Waals surface area (Å²) in [4.78, 5) is 18.0. The third-order valence-corrected chi connectivity index (χ3v) is 3.15. The minimum Gasteiger partial charge on any atom is -0.487 e. The fourth-order valence-corrected chi connectivity index (χ4v) is 2.28. The highest BCUT2D eigenvalue weighted by Gasteiger charge is 2.22. The van der Waals surface area contributed by atoms with Gasteiger partial charge in [-0.3, -0.25) is 4.79 Å². The molecule has 5 nitrogen and oxygen atoms in total. The molecule has 0 amide bonds. The molecule has 1 N–H and O–H groups in total. The predicted octanol–water partition coefficient (Wildman–Crippen LogP) is 1.74. The molecule has 0 radical (unpaired) electrons. The molecule has 0 aromatic carbocycles. The van der Waals surface area contributed by atoms with Crippen molar-refractivity contribution in [1.82, 2.24) is 9.97 Å². The standard InChI is InChI=1S/C12H18N2O3/c1-8-4-3-5-9(6-8)17-12-10(16-2)11(15)13-7-14-12/h7-9H,3-6H2,1-2H3,(H,13,14,15). The van der Waals surface area contributed by atoms with Crippen molar-refractivity contribution < 1.29 is 9.47 Å². The lowest BCUT2D eigenvalue weighted by Crippen LogP contribution is -2.25. The highest BCUT2D eigenvalue weighted by Crippen LogP contribution is 2.28. The van der Waals surface area contributed by atoms with Crippen molar-refractivity contribution >= 4 is 0 Å². The summed E-state index contributed by atoms with van der Waals surface area (Å²) < 4.78 is 10.8. The average Bonchev–Trinajstić information content (AvgIpc) is 2.29. The van der Waals surface area contributed by atoms with E-state index in [1.807, 2.05) is 0 Å². The zero-order valence-corrected chi connectivity index (χ0v) is 10.2. The van der Waals surface area contributed by atoms with Crippen LogP contribution in [0, 0.1) is 5.92 Å². The predicted molar refractivity (Wildman–Crippen MR) is 63.5 cm³/mol. The van der Waals surface area contributed by atoms with E-state index in [0.717, 1.165) is 19.3 Å². The number of aromatic amines is 1. The number of nitrogens with zero attached hydrogens (tertiary/aromatic N) is 1. The van der Waals surface area contributed by atoms with Gasteiger partial charge in [-0.1, -0.05) is 13.3 Å². The van der Waals surface area contributed by atoms with Gasteiger partial charge in [0.05, 0.1) is 13.4 Å². The molecule has 94 valence electrons. The Labute approximate surface area is 100 Å². The van der Waals surface area contributed by atoms with Crippen molar-refractivity contribution in [3.8, 4) is 11.6 Å². The second-order valence-corrected chi connectivity index (χ2v) is 4.58. The smallest absolute Gasteiger partial charge is 0.297 e. The number of ether oxygens (including phenoxy) is 2. The Morgan fingerprint density at radius 1 is 1.47 bits per heavy atom. The average molecular weight is 238 g/mol. The van der Waals surface area contributed by atoms with Gasteiger partial charge in [0, 0.05) is 0 Å². The Hall–Kier alpha value is -1.52. The number of nitrogens with one attached hydrogen (secondary N) is 1. The summed E-state index contributed by atoms with van der Waals surface area (Å²) >= 11 is 0. The third-order valence-electron chi connectivity index (χ3n) is 3.15. The van der Waals surface area contributed by atoms with E-state index in [0.29, 0.717) is 11.8 Å². The molecule has 17 heavy (non-hydrogen) atoms. The zero-order chi connectivity index (χ0) is 12.3. The van der Waals surface area contributed by atoms with E-state index in [1.165, 1.54) is 19.9 Å². The molecule has 1 aliphatic carbocycles. The quantitative estimate of drug-likeness (QED) is 0.871. The minimum absolute atomic E-state index is 0.141. The van der Waals surface area contributed by atoms with Crippen LogP contribution >= 0.6 is 0 Å². The van der Waals surface area contributed by atoms with Crippen molar-refractivity contribution in [2.45, 2.75) is 38.7 Å². The lowest BCUT2D eigenvalue weighted by Gasteiger charge is -2.27. The van der Waals surface area contributed by atoms with Gasteiger partial charge in [0.2, 0.25) is 5.75 Å². The van der Waals surface area contributed by atoms with E-state index >= 15 is 0 Å². The maximum absolute atomic E-state index is 11.5. The van der Waals surface area contributed by atoms with Crippen LogP contribution in [0.15, 0.2) is 11.1 Å². The molecule has 0 aliphatic heterocycles. The first-order valence-corrected chi connectivity index (χ1v) is 5.99. The molecular formula is C12H18N2O3. The number of methoxy groups -OCH3 is 1. The van der Waals surface area contributed by atoms with Crippen LogP contribution in [0.4, 0.5) is 0 Å². The van der Waals surface area contributed by atoms with Crippen LogP contribution in [0.3, 0.4) is 0 Å². The lowest BCUT2D eigenvalue weighted by atomic mass is 9.89. The first-order valence-electron chi connectivity index (χ1n) is 5.99. The molecule has 1 aromatic heterocycles. The molecule has 1 aliphatic rings. The van der Waals surface area contributed by atoms with Crippen molar-refractivity contribution in [2.24, 2.45) is 5.92 Å². The Bertz CT molecular complexity index is 430. The minimum atomic E-state index is -0.304. The number of hydrogen-bond donors (Lipinski definition) is 1. The van der Waals surface area contributed by atoms with Crippen LogP contribution in [0.5, 0.6) is 11.6 Å². The highest BCUT2D eigenvalue weighted by molar-refractivity contribution is 5.29. The van der Waals surface area contributed by atoms with Gasteiger partial charge in [0.25, 0.3) is 11.4 Å². The molecule has 0 bridgehead atoms. The summed E-state index contributed by atoms with van der Waals surface area (Å²) in [5.74, 6) is 1.13. The molecule has 1 saturated carbocycles. The van der Waals surface area contributed by atoms with Crippen LogP contribution in [-0.2, 0) is 0 Å². The SMILES string of the molecule is COc1c(OC2CCCC(C)C2)nc[nH]c1=O. The zero-order valence-electron chi connectivity index (χ0n) is 10.2. The summed E-state index contributed by atoms with van der Waals surface area (Å²) in [6, 6.07) is 0. The number of rotatable bonds is 3. The van der Waals surface area contributed by atoms with Crippen molar-refractivity contribution in [1.29, 1.82) is 0 Å². The van der Waals surface area contributed by atoms with Crippen LogP contribution in [0.1, 0.15) is 32.6 Å². The van der Waals surface area contributed by atoms with Gasteiger partial charge in [-0.15, -0.1) is 0 Å². The molecule has 1 heterocycles. The number of aromatic nitrogens is 2. The second-order valence-electron chi connectivity index (χ2n) is 4.58. The Morgan fingerprint density at radius 3 is 3.00 bits per heavy atom. The van der Waals surface area contributed by atoms with E-state index in [1.54, 1.807) is 0 Å². The molecule has 1 fully saturated rings. The van der Waals surface area contributed by atoms with Gasteiger partial charge >= 0.3 is 0 Å². The van der Waals surface area contributed by atoms with Crippen LogP contribution in [-0.4, -0.2) is 23.2 Å².